The zero-order valence-corrected chi connectivity index (χ0v) is 51.8. The maximum Gasteiger partial charge on any atom is 0.432 e. The highest BCUT2D eigenvalue weighted by atomic mass is 32.2. The van der Waals surface area contributed by atoms with E-state index in [2.05, 4.69) is 27.7 Å². The first-order chi connectivity index (χ1) is 35.6. The molecule has 0 radical (unpaired) electrons. The molecule has 12 heteroatoms. The highest BCUT2D eigenvalue weighted by Crippen LogP contribution is 2.39. The fraction of sp³-hybridized carbons (Fsp3) is 0.934. The van der Waals surface area contributed by atoms with Crippen molar-refractivity contribution in [3.63, 3.8) is 0 Å². The van der Waals surface area contributed by atoms with Crippen LogP contribution in [0.25, 0.3) is 0 Å². The zero-order valence-electron chi connectivity index (χ0n) is 48.5. The van der Waals surface area contributed by atoms with Crippen molar-refractivity contribution in [3.05, 3.63) is 0 Å². The number of thioether (sulfide) groups is 4. The van der Waals surface area contributed by atoms with Crippen LogP contribution in [0.4, 0.5) is 0 Å². The van der Waals surface area contributed by atoms with Gasteiger partial charge in [-0.1, -0.05) is 233 Å². The first-order valence-electron chi connectivity index (χ1n) is 30.7. The van der Waals surface area contributed by atoms with Gasteiger partial charge < -0.3 is 18.9 Å². The molecule has 0 spiro atoms. The number of hydrogen-bond donors (Lipinski definition) is 0. The number of ether oxygens (including phenoxy) is 4. The summed E-state index contributed by atoms with van der Waals surface area (Å²) >= 11 is 6.88. The SMILES string of the molecule is CCCCCCCCCCCCSCCC(=O)OCC(C)(C)C(OC(=O)CCSCCCCCCCCCC)(OC(=O)CCSCCCCCCCCCC)OC(=O)CCSCCCCCCCCCCCC. The zero-order chi connectivity index (χ0) is 53.6. The van der Waals surface area contributed by atoms with Crippen LogP contribution in [0.5, 0.6) is 0 Å². The predicted molar refractivity (Wildman–Crippen MR) is 322 cm³/mol. The maximum absolute atomic E-state index is 13.8. The number of carbonyl (C=O) groups is 4. The standard InChI is InChI=1S/C61H116O8S4/c1-7-11-15-19-23-27-29-33-37-39-47-70-51-43-56(62)66-55-60(5,6)61(67-57(63)44-52-71-48-40-35-31-25-21-17-13-9-3,68-58(64)45-53-72-49-41-36-32-26-22-18-14-10-4)69-59(65)46-54-73-50-42-38-34-30-28-24-20-16-12-8-2/h7-55H2,1-6H3. The van der Waals surface area contributed by atoms with Crippen LogP contribution in [0.1, 0.15) is 298 Å². The molecule has 0 saturated heterocycles. The molecule has 0 aromatic rings. The Bertz CT molecular complexity index is 1210. The monoisotopic (exact) mass is 1100 g/mol. The average molecular weight is 1110 g/mol. The summed E-state index contributed by atoms with van der Waals surface area (Å²) in [6, 6.07) is 0. The summed E-state index contributed by atoms with van der Waals surface area (Å²) < 4.78 is 24.2. The molecule has 0 bridgehead atoms. The number of esters is 4. The van der Waals surface area contributed by atoms with Gasteiger partial charge in [0.2, 0.25) is 0 Å². The summed E-state index contributed by atoms with van der Waals surface area (Å²) in [5.74, 6) is 1.44. The molecule has 0 heterocycles. The number of carbonyl (C=O) groups excluding carboxylic acids is 4. The van der Waals surface area contributed by atoms with Gasteiger partial charge in [0, 0.05) is 23.0 Å². The van der Waals surface area contributed by atoms with Crippen molar-refractivity contribution < 1.29 is 38.1 Å². The topological polar surface area (TPSA) is 105 Å². The van der Waals surface area contributed by atoms with E-state index in [1.54, 1.807) is 60.9 Å². The molecular weight excluding hydrogens is 989 g/mol. The quantitative estimate of drug-likeness (QED) is 0.0329. The molecule has 0 aromatic heterocycles. The van der Waals surface area contributed by atoms with Crippen LogP contribution in [-0.2, 0) is 38.1 Å². The van der Waals surface area contributed by atoms with Gasteiger partial charge in [-0.15, -0.1) is 0 Å². The lowest BCUT2D eigenvalue weighted by atomic mass is 9.90. The van der Waals surface area contributed by atoms with Crippen molar-refractivity contribution in [2.24, 2.45) is 5.41 Å². The summed E-state index contributed by atoms with van der Waals surface area (Å²) in [4.78, 5) is 54.7. The van der Waals surface area contributed by atoms with E-state index >= 15 is 0 Å². The van der Waals surface area contributed by atoms with Crippen molar-refractivity contribution in [2.75, 3.05) is 52.6 Å². The van der Waals surface area contributed by atoms with E-state index in [1.165, 1.54) is 205 Å². The number of unbranched alkanes of at least 4 members (excludes halogenated alkanes) is 32. The van der Waals surface area contributed by atoms with Gasteiger partial charge in [0.1, 0.15) is 12.0 Å². The van der Waals surface area contributed by atoms with E-state index in [-0.39, 0.29) is 38.3 Å². The number of hydrogen-bond acceptors (Lipinski definition) is 12. The Hall–Kier alpha value is -0.720. The molecule has 0 N–H and O–H groups in total. The summed E-state index contributed by atoms with van der Waals surface area (Å²) in [5, 5.41) is 0. The van der Waals surface area contributed by atoms with E-state index < -0.39 is 29.3 Å². The van der Waals surface area contributed by atoms with Crippen LogP contribution in [0.15, 0.2) is 0 Å². The lowest BCUT2D eigenvalue weighted by Gasteiger charge is -2.41. The second-order valence-electron chi connectivity index (χ2n) is 21.3. The minimum Gasteiger partial charge on any atom is -0.465 e. The third-order valence-corrected chi connectivity index (χ3v) is 17.8. The van der Waals surface area contributed by atoms with Gasteiger partial charge in [0.15, 0.2) is 0 Å². The molecule has 8 nitrogen and oxygen atoms in total. The molecule has 0 aliphatic carbocycles. The lowest BCUT2D eigenvalue weighted by molar-refractivity contribution is -0.377. The Balaban J connectivity index is 5.70. The molecule has 73 heavy (non-hydrogen) atoms. The van der Waals surface area contributed by atoms with Crippen LogP contribution in [0.2, 0.25) is 0 Å². The Labute approximate surface area is 468 Å². The molecule has 432 valence electrons. The van der Waals surface area contributed by atoms with Crippen molar-refractivity contribution in [2.45, 2.75) is 304 Å². The van der Waals surface area contributed by atoms with Gasteiger partial charge in [-0.05, 0) is 62.5 Å². The molecule has 0 aliphatic heterocycles. The van der Waals surface area contributed by atoms with Gasteiger partial charge in [0.25, 0.3) is 0 Å². The third-order valence-electron chi connectivity index (χ3n) is 13.5. The fourth-order valence-electron chi connectivity index (χ4n) is 8.59. The van der Waals surface area contributed by atoms with Crippen molar-refractivity contribution in [3.8, 4) is 0 Å². The van der Waals surface area contributed by atoms with Crippen LogP contribution in [0.3, 0.4) is 0 Å². The van der Waals surface area contributed by atoms with E-state index in [0.29, 0.717) is 23.0 Å². The van der Waals surface area contributed by atoms with Crippen molar-refractivity contribution in [1.29, 1.82) is 0 Å². The smallest absolute Gasteiger partial charge is 0.432 e. The second-order valence-corrected chi connectivity index (χ2v) is 26.2. The normalized spacial score (nSPS) is 11.8. The highest BCUT2D eigenvalue weighted by molar-refractivity contribution is 7.99. The van der Waals surface area contributed by atoms with Crippen LogP contribution in [-0.4, -0.2) is 82.5 Å². The minimum absolute atomic E-state index is 0.0633. The number of rotatable bonds is 58. The molecule has 0 unspecified atom stereocenters. The molecule has 0 saturated carbocycles. The van der Waals surface area contributed by atoms with Crippen LogP contribution in [0, 0.1) is 5.41 Å². The summed E-state index contributed by atoms with van der Waals surface area (Å²) in [6.07, 6.45) is 46.0. The molecule has 0 fully saturated rings. The van der Waals surface area contributed by atoms with Crippen LogP contribution < -0.4 is 0 Å². The Morgan fingerprint density at radius 2 is 0.493 bits per heavy atom. The second kappa shape index (κ2) is 54.6. The van der Waals surface area contributed by atoms with Crippen molar-refractivity contribution in [1.82, 2.24) is 0 Å². The Kier molecular flexibility index (Phi) is 54.1. The first kappa shape index (κ1) is 72.3. The predicted octanol–water partition coefficient (Wildman–Crippen LogP) is 19.5. The van der Waals surface area contributed by atoms with E-state index in [0.717, 1.165) is 48.7 Å². The average Bonchev–Trinajstić information content (AvgIpc) is 3.36. The van der Waals surface area contributed by atoms with Gasteiger partial charge >= 0.3 is 29.9 Å². The summed E-state index contributed by atoms with van der Waals surface area (Å²) in [7, 11) is 0. The van der Waals surface area contributed by atoms with E-state index in [9.17, 15) is 19.2 Å². The lowest BCUT2D eigenvalue weighted by Crippen LogP contribution is -2.57. The Morgan fingerprint density at radius 3 is 0.726 bits per heavy atom. The molecule has 0 rings (SSSR count). The first-order valence-corrected chi connectivity index (χ1v) is 35.3. The van der Waals surface area contributed by atoms with Gasteiger partial charge in [-0.2, -0.15) is 47.0 Å². The van der Waals surface area contributed by atoms with Gasteiger partial charge in [-0.25, -0.2) is 0 Å². The molecule has 0 atom stereocenters. The van der Waals surface area contributed by atoms with Gasteiger partial charge in [-0.3, -0.25) is 19.2 Å². The highest BCUT2D eigenvalue weighted by Gasteiger charge is 2.58. The Morgan fingerprint density at radius 1 is 0.288 bits per heavy atom. The maximum atomic E-state index is 13.8. The summed E-state index contributed by atoms with van der Waals surface area (Å²) in [5.41, 5.74) is -1.41. The van der Waals surface area contributed by atoms with Crippen LogP contribution >= 0.6 is 47.0 Å². The molecule has 0 amide bonds. The van der Waals surface area contributed by atoms with Crippen molar-refractivity contribution >= 4 is 70.9 Å². The molecular formula is C61H116O8S4. The molecule has 0 aromatic carbocycles. The van der Waals surface area contributed by atoms with Gasteiger partial charge in [0.05, 0.1) is 25.7 Å². The summed E-state index contributed by atoms with van der Waals surface area (Å²) in [6.45, 7) is 12.1. The van der Waals surface area contributed by atoms with E-state index in [1.807, 2.05) is 0 Å². The largest absolute Gasteiger partial charge is 0.465 e. The molecule has 0 aliphatic rings. The minimum atomic E-state index is -2.41. The fourth-order valence-corrected chi connectivity index (χ4v) is 12.3. The van der Waals surface area contributed by atoms with E-state index in [4.69, 9.17) is 18.9 Å². The third kappa shape index (κ3) is 47.0.